The van der Waals surface area contributed by atoms with Crippen LogP contribution in [0.1, 0.15) is 5.56 Å². The van der Waals surface area contributed by atoms with E-state index in [2.05, 4.69) is 5.32 Å². The lowest BCUT2D eigenvalue weighted by Gasteiger charge is -2.06. The summed E-state index contributed by atoms with van der Waals surface area (Å²) in [4.78, 5) is 0. The van der Waals surface area contributed by atoms with E-state index in [1.807, 2.05) is 28.9 Å². The predicted molar refractivity (Wildman–Crippen MR) is 86.2 cm³/mol. The molecule has 0 fully saturated rings. The van der Waals surface area contributed by atoms with E-state index in [1.54, 1.807) is 12.1 Å². The Morgan fingerprint density at radius 2 is 1.77 bits per heavy atom. The van der Waals surface area contributed by atoms with Crippen molar-refractivity contribution in [2.24, 2.45) is 0 Å². The summed E-state index contributed by atoms with van der Waals surface area (Å²) in [5.41, 5.74) is 4.00. The molecule has 2 aromatic carbocycles. The molecule has 0 atom stereocenters. The van der Waals surface area contributed by atoms with Crippen LogP contribution >= 0.6 is 11.6 Å². The van der Waals surface area contributed by atoms with Crippen LogP contribution in [-0.2, 0) is 6.42 Å². The fraction of sp³-hybridized carbons (Fsp3) is 0.118. The molecule has 2 heterocycles. The van der Waals surface area contributed by atoms with Gasteiger partial charge < -0.3 is 5.32 Å². The lowest BCUT2D eigenvalue weighted by atomic mass is 10.1. The van der Waals surface area contributed by atoms with Crippen molar-refractivity contribution in [2.75, 3.05) is 11.9 Å². The lowest BCUT2D eigenvalue weighted by Crippen LogP contribution is -2.04. The Labute approximate surface area is 132 Å². The van der Waals surface area contributed by atoms with Crippen molar-refractivity contribution in [3.63, 3.8) is 0 Å². The third kappa shape index (κ3) is 2.16. The van der Waals surface area contributed by atoms with Gasteiger partial charge in [0.25, 0.3) is 0 Å². The fourth-order valence-electron chi connectivity index (χ4n) is 2.78. The van der Waals surface area contributed by atoms with Crippen molar-refractivity contribution in [3.05, 3.63) is 64.9 Å². The number of nitrogens with one attached hydrogen (secondary N) is 1. The minimum absolute atomic E-state index is 0.251. The average Bonchev–Trinajstić information content (AvgIpc) is 3.12. The second kappa shape index (κ2) is 5.14. The molecular formula is C17H13ClFN3. The number of nitrogens with zero attached hydrogens (tertiary/aromatic N) is 2. The zero-order valence-electron chi connectivity index (χ0n) is 11.7. The van der Waals surface area contributed by atoms with Crippen LogP contribution in [0, 0.1) is 5.82 Å². The molecule has 0 saturated heterocycles. The van der Waals surface area contributed by atoms with Gasteiger partial charge in [0.2, 0.25) is 0 Å². The summed E-state index contributed by atoms with van der Waals surface area (Å²) in [6.07, 6.45) is 0.925. The van der Waals surface area contributed by atoms with Gasteiger partial charge in [-0.3, -0.25) is 0 Å². The molecule has 0 radical (unpaired) electrons. The molecule has 1 N–H and O–H groups in total. The third-order valence-corrected chi connectivity index (χ3v) is 4.09. The van der Waals surface area contributed by atoms with Gasteiger partial charge in [0, 0.05) is 22.7 Å². The summed E-state index contributed by atoms with van der Waals surface area (Å²) in [6, 6.07) is 14.0. The zero-order chi connectivity index (χ0) is 15.1. The first kappa shape index (κ1) is 13.3. The molecule has 4 rings (SSSR count). The minimum Gasteiger partial charge on any atom is -0.369 e. The number of benzene rings is 2. The van der Waals surface area contributed by atoms with E-state index in [9.17, 15) is 4.39 Å². The van der Waals surface area contributed by atoms with Gasteiger partial charge in [-0.2, -0.15) is 5.10 Å². The maximum Gasteiger partial charge on any atom is 0.133 e. The van der Waals surface area contributed by atoms with E-state index >= 15 is 0 Å². The van der Waals surface area contributed by atoms with E-state index < -0.39 is 0 Å². The molecule has 0 unspecified atom stereocenters. The number of rotatable bonds is 2. The van der Waals surface area contributed by atoms with Gasteiger partial charge in [-0.25, -0.2) is 9.07 Å². The molecule has 110 valence electrons. The van der Waals surface area contributed by atoms with Gasteiger partial charge >= 0.3 is 0 Å². The summed E-state index contributed by atoms with van der Waals surface area (Å²) in [5.74, 6) is 0.731. The smallest absolute Gasteiger partial charge is 0.133 e. The standard InChI is InChI=1S/C17H13ClFN3/c18-12-3-1-11(2-4-12)16-15-9-10-20-17(15)22(21-16)14-7-5-13(19)6-8-14/h1-8,20H,9-10H2. The summed E-state index contributed by atoms with van der Waals surface area (Å²) >= 11 is 5.96. The van der Waals surface area contributed by atoms with Gasteiger partial charge in [-0.1, -0.05) is 23.7 Å². The van der Waals surface area contributed by atoms with Crippen molar-refractivity contribution >= 4 is 17.4 Å². The van der Waals surface area contributed by atoms with Crippen LogP contribution in [0.4, 0.5) is 10.2 Å². The van der Waals surface area contributed by atoms with Crippen molar-refractivity contribution in [3.8, 4) is 16.9 Å². The molecule has 0 aliphatic carbocycles. The van der Waals surface area contributed by atoms with E-state index in [1.165, 1.54) is 17.7 Å². The van der Waals surface area contributed by atoms with E-state index in [-0.39, 0.29) is 5.82 Å². The van der Waals surface area contributed by atoms with Crippen LogP contribution in [0.5, 0.6) is 0 Å². The lowest BCUT2D eigenvalue weighted by molar-refractivity contribution is 0.627. The quantitative estimate of drug-likeness (QED) is 0.764. The van der Waals surface area contributed by atoms with Crippen LogP contribution in [0.3, 0.4) is 0 Å². The molecule has 0 saturated carbocycles. The highest BCUT2D eigenvalue weighted by Crippen LogP contribution is 2.34. The topological polar surface area (TPSA) is 29.9 Å². The molecule has 0 amide bonds. The Morgan fingerprint density at radius 3 is 2.50 bits per heavy atom. The van der Waals surface area contributed by atoms with Crippen molar-refractivity contribution < 1.29 is 4.39 Å². The van der Waals surface area contributed by atoms with Crippen LogP contribution in [0.2, 0.25) is 5.02 Å². The first-order chi connectivity index (χ1) is 10.7. The number of anilines is 1. The van der Waals surface area contributed by atoms with Crippen LogP contribution in [0.15, 0.2) is 48.5 Å². The molecule has 0 bridgehead atoms. The highest BCUT2D eigenvalue weighted by Gasteiger charge is 2.23. The van der Waals surface area contributed by atoms with E-state index in [0.717, 1.165) is 35.7 Å². The van der Waals surface area contributed by atoms with Gasteiger partial charge in [0.05, 0.1) is 11.4 Å². The van der Waals surface area contributed by atoms with Crippen LogP contribution in [0.25, 0.3) is 16.9 Å². The van der Waals surface area contributed by atoms with Gasteiger partial charge in [-0.05, 0) is 42.8 Å². The summed E-state index contributed by atoms with van der Waals surface area (Å²) in [6.45, 7) is 0.884. The fourth-order valence-corrected chi connectivity index (χ4v) is 2.91. The van der Waals surface area contributed by atoms with Crippen LogP contribution < -0.4 is 5.32 Å². The predicted octanol–water partition coefficient (Wildman–Crippen LogP) is 4.30. The number of aromatic nitrogens is 2. The Bertz CT molecular complexity index is 754. The summed E-state index contributed by atoms with van der Waals surface area (Å²) in [5, 5.41) is 8.79. The molecule has 1 aliphatic heterocycles. The van der Waals surface area contributed by atoms with Crippen molar-refractivity contribution in [1.82, 2.24) is 9.78 Å². The first-order valence-corrected chi connectivity index (χ1v) is 7.48. The van der Waals surface area contributed by atoms with Crippen molar-refractivity contribution in [1.29, 1.82) is 0 Å². The number of hydrogen-bond donors (Lipinski definition) is 1. The van der Waals surface area contributed by atoms with Gasteiger partial charge in [-0.15, -0.1) is 0 Å². The molecule has 0 spiro atoms. The number of hydrogen-bond acceptors (Lipinski definition) is 2. The highest BCUT2D eigenvalue weighted by atomic mass is 35.5. The average molecular weight is 314 g/mol. The zero-order valence-corrected chi connectivity index (χ0v) is 12.4. The molecule has 22 heavy (non-hydrogen) atoms. The SMILES string of the molecule is Fc1ccc(-n2nc(-c3ccc(Cl)cc3)c3c2NCC3)cc1. The first-order valence-electron chi connectivity index (χ1n) is 7.10. The summed E-state index contributed by atoms with van der Waals surface area (Å²) in [7, 11) is 0. The Morgan fingerprint density at radius 1 is 1.05 bits per heavy atom. The van der Waals surface area contributed by atoms with Gasteiger partial charge in [0.1, 0.15) is 11.6 Å². The largest absolute Gasteiger partial charge is 0.369 e. The Kier molecular flexibility index (Phi) is 3.12. The molecule has 1 aromatic heterocycles. The molecule has 1 aliphatic rings. The normalized spacial score (nSPS) is 13.0. The van der Waals surface area contributed by atoms with E-state index in [0.29, 0.717) is 5.02 Å². The minimum atomic E-state index is -0.251. The highest BCUT2D eigenvalue weighted by molar-refractivity contribution is 6.30. The molecule has 3 nitrogen and oxygen atoms in total. The third-order valence-electron chi connectivity index (χ3n) is 3.84. The molecular weight excluding hydrogens is 301 g/mol. The second-order valence-electron chi connectivity index (χ2n) is 5.25. The number of fused-ring (bicyclic) bond motifs is 1. The number of halogens is 2. The van der Waals surface area contributed by atoms with E-state index in [4.69, 9.17) is 16.7 Å². The molecule has 5 heteroatoms. The maximum atomic E-state index is 13.1. The molecule has 3 aromatic rings. The Hall–Kier alpha value is -2.33. The monoisotopic (exact) mass is 313 g/mol. The second-order valence-corrected chi connectivity index (χ2v) is 5.68. The maximum absolute atomic E-state index is 13.1. The van der Waals surface area contributed by atoms with Crippen LogP contribution in [-0.4, -0.2) is 16.3 Å². The van der Waals surface area contributed by atoms with Crippen molar-refractivity contribution in [2.45, 2.75) is 6.42 Å². The summed E-state index contributed by atoms with van der Waals surface area (Å²) < 4.78 is 15.0. The Balaban J connectivity index is 1.86. The van der Waals surface area contributed by atoms with Gasteiger partial charge in [0.15, 0.2) is 0 Å².